The summed E-state index contributed by atoms with van der Waals surface area (Å²) in [5.74, 6) is -0.465. The molecule has 0 saturated heterocycles. The molecule has 0 aliphatic carbocycles. The molecule has 0 spiro atoms. The van der Waals surface area contributed by atoms with Gasteiger partial charge in [-0.3, -0.25) is 0 Å². The molecule has 0 amide bonds. The summed E-state index contributed by atoms with van der Waals surface area (Å²) in [6.07, 6.45) is -4.53. The topological polar surface area (TPSA) is 50.9 Å². The Morgan fingerprint density at radius 1 is 1.11 bits per heavy atom. The average molecular weight is 271 g/mol. The fraction of sp³-hybridized carbons (Fsp3) is 0.0833. The lowest BCUT2D eigenvalue weighted by molar-refractivity contribution is -0.137. The quantitative estimate of drug-likeness (QED) is 0.821. The summed E-state index contributed by atoms with van der Waals surface area (Å²) in [5.41, 5.74) is 4.17. The van der Waals surface area contributed by atoms with Gasteiger partial charge in [-0.15, -0.1) is 0 Å². The number of aromatic nitrogens is 1. The smallest absolute Gasteiger partial charge is 0.384 e. The molecule has 0 bridgehead atoms. The van der Waals surface area contributed by atoms with Crippen molar-refractivity contribution in [3.63, 3.8) is 0 Å². The highest BCUT2D eigenvalue weighted by Crippen LogP contribution is 2.32. The molecule has 2 rings (SSSR count). The number of anilines is 3. The molecule has 1 aromatic heterocycles. The Balaban J connectivity index is 2.34. The third-order valence-corrected chi connectivity index (χ3v) is 2.33. The van der Waals surface area contributed by atoms with Crippen molar-refractivity contribution in [1.82, 2.24) is 4.98 Å². The Hall–Kier alpha value is -2.31. The van der Waals surface area contributed by atoms with Crippen LogP contribution in [0.25, 0.3) is 0 Å². The van der Waals surface area contributed by atoms with Crippen molar-refractivity contribution in [2.75, 3.05) is 11.1 Å². The van der Waals surface area contributed by atoms with Gasteiger partial charge in [-0.05, 0) is 30.3 Å². The van der Waals surface area contributed by atoms with E-state index in [1.807, 2.05) is 0 Å². The van der Waals surface area contributed by atoms with Crippen molar-refractivity contribution in [1.29, 1.82) is 0 Å². The molecule has 0 unspecified atom stereocenters. The van der Waals surface area contributed by atoms with Crippen molar-refractivity contribution in [2.24, 2.45) is 0 Å². The minimum atomic E-state index is -4.53. The Bertz CT molecular complexity index is 596. The van der Waals surface area contributed by atoms with E-state index in [2.05, 4.69) is 10.3 Å². The average Bonchev–Trinajstić information content (AvgIpc) is 2.30. The maximum absolute atomic E-state index is 13.5. The van der Waals surface area contributed by atoms with Crippen molar-refractivity contribution in [2.45, 2.75) is 6.18 Å². The van der Waals surface area contributed by atoms with Gasteiger partial charge in [0.25, 0.3) is 0 Å². The van der Waals surface area contributed by atoms with Crippen LogP contribution >= 0.6 is 0 Å². The molecule has 1 heterocycles. The number of halogens is 4. The molecule has 100 valence electrons. The van der Waals surface area contributed by atoms with Gasteiger partial charge in [-0.1, -0.05) is 6.07 Å². The van der Waals surface area contributed by atoms with E-state index in [9.17, 15) is 17.6 Å². The number of nitrogens with one attached hydrogen (secondary N) is 1. The largest absolute Gasteiger partial charge is 0.416 e. The molecule has 3 N–H and O–H groups in total. The highest BCUT2D eigenvalue weighted by molar-refractivity contribution is 5.59. The zero-order chi connectivity index (χ0) is 14.0. The van der Waals surface area contributed by atoms with Crippen LogP contribution in [0.2, 0.25) is 0 Å². The third-order valence-electron chi connectivity index (χ3n) is 2.33. The highest BCUT2D eigenvalue weighted by atomic mass is 19.4. The molecule has 2 aromatic rings. The van der Waals surface area contributed by atoms with Crippen molar-refractivity contribution >= 4 is 17.3 Å². The van der Waals surface area contributed by atoms with Crippen molar-refractivity contribution in [3.8, 4) is 0 Å². The number of rotatable bonds is 2. The lowest BCUT2D eigenvalue weighted by Crippen LogP contribution is -2.06. The molecular weight excluding hydrogens is 262 g/mol. The normalized spacial score (nSPS) is 11.4. The van der Waals surface area contributed by atoms with Crippen LogP contribution in [0.4, 0.5) is 34.9 Å². The van der Waals surface area contributed by atoms with Gasteiger partial charge in [-0.2, -0.15) is 13.2 Å². The van der Waals surface area contributed by atoms with E-state index in [0.29, 0.717) is 12.1 Å². The molecule has 7 heteroatoms. The van der Waals surface area contributed by atoms with Gasteiger partial charge < -0.3 is 11.1 Å². The second-order valence-electron chi connectivity index (χ2n) is 3.77. The number of nitrogens with zero attached hydrogens (tertiary/aromatic N) is 1. The van der Waals surface area contributed by atoms with Crippen LogP contribution in [0.3, 0.4) is 0 Å². The standard InChI is InChI=1S/C12H9F4N3/c13-8-5-4-7(12(14,15)16)6-9(8)18-11-3-1-2-10(17)19-11/h1-6H,(H3,17,18,19). The summed E-state index contributed by atoms with van der Waals surface area (Å²) in [5, 5.41) is 2.46. The zero-order valence-corrected chi connectivity index (χ0v) is 9.50. The van der Waals surface area contributed by atoms with Crippen molar-refractivity contribution in [3.05, 3.63) is 47.8 Å². The first-order valence-corrected chi connectivity index (χ1v) is 5.22. The van der Waals surface area contributed by atoms with Crippen LogP contribution in [0.1, 0.15) is 5.56 Å². The Labute approximate surface area is 106 Å². The monoisotopic (exact) mass is 271 g/mol. The van der Waals surface area contributed by atoms with Crippen LogP contribution in [0.15, 0.2) is 36.4 Å². The number of nitrogen functional groups attached to an aromatic ring is 1. The van der Waals surface area contributed by atoms with Crippen molar-refractivity contribution < 1.29 is 17.6 Å². The molecule has 1 aromatic carbocycles. The number of hydrogen-bond donors (Lipinski definition) is 2. The number of pyridine rings is 1. The Morgan fingerprint density at radius 2 is 1.84 bits per heavy atom. The minimum Gasteiger partial charge on any atom is -0.384 e. The lowest BCUT2D eigenvalue weighted by atomic mass is 10.2. The molecule has 0 fully saturated rings. The van der Waals surface area contributed by atoms with E-state index < -0.39 is 17.6 Å². The lowest BCUT2D eigenvalue weighted by Gasteiger charge is -2.11. The number of alkyl halides is 3. The van der Waals surface area contributed by atoms with E-state index in [1.54, 1.807) is 6.07 Å². The first-order valence-electron chi connectivity index (χ1n) is 5.22. The Kier molecular flexibility index (Phi) is 3.28. The third kappa shape index (κ3) is 3.12. The van der Waals surface area contributed by atoms with Crippen LogP contribution in [0.5, 0.6) is 0 Å². The molecule has 0 saturated carbocycles. The first kappa shape index (κ1) is 13.1. The fourth-order valence-electron chi connectivity index (χ4n) is 1.46. The van der Waals surface area contributed by atoms with E-state index in [-0.39, 0.29) is 17.3 Å². The molecule has 19 heavy (non-hydrogen) atoms. The molecule has 0 aliphatic rings. The van der Waals surface area contributed by atoms with E-state index in [0.717, 1.165) is 6.07 Å². The number of nitrogens with two attached hydrogens (primary N) is 1. The van der Waals surface area contributed by atoms with Gasteiger partial charge in [0.1, 0.15) is 17.5 Å². The fourth-order valence-corrected chi connectivity index (χ4v) is 1.46. The maximum atomic E-state index is 13.5. The maximum Gasteiger partial charge on any atom is 0.416 e. The minimum absolute atomic E-state index is 0.165. The summed E-state index contributed by atoms with van der Waals surface area (Å²) >= 11 is 0. The van der Waals surface area contributed by atoms with Gasteiger partial charge >= 0.3 is 6.18 Å². The van der Waals surface area contributed by atoms with Gasteiger partial charge in [0, 0.05) is 0 Å². The molecular formula is C12H9F4N3. The first-order chi connectivity index (χ1) is 8.86. The van der Waals surface area contributed by atoms with Gasteiger partial charge in [0.05, 0.1) is 11.3 Å². The molecule has 0 aliphatic heterocycles. The van der Waals surface area contributed by atoms with E-state index >= 15 is 0 Å². The molecule has 3 nitrogen and oxygen atoms in total. The summed E-state index contributed by atoms with van der Waals surface area (Å²) in [6, 6.07) is 6.63. The summed E-state index contributed by atoms with van der Waals surface area (Å²) in [6.45, 7) is 0. The van der Waals surface area contributed by atoms with Crippen LogP contribution < -0.4 is 11.1 Å². The number of hydrogen-bond acceptors (Lipinski definition) is 3. The Morgan fingerprint density at radius 3 is 2.47 bits per heavy atom. The van der Waals surface area contributed by atoms with E-state index in [1.165, 1.54) is 12.1 Å². The SMILES string of the molecule is Nc1cccc(Nc2cc(C(F)(F)F)ccc2F)n1. The van der Waals surface area contributed by atoms with E-state index in [4.69, 9.17) is 5.73 Å². The van der Waals surface area contributed by atoms with Crippen LogP contribution in [-0.2, 0) is 6.18 Å². The van der Waals surface area contributed by atoms with Crippen LogP contribution in [-0.4, -0.2) is 4.98 Å². The number of benzene rings is 1. The summed E-state index contributed by atoms with van der Waals surface area (Å²) < 4.78 is 51.0. The molecule has 0 radical (unpaired) electrons. The predicted molar refractivity (Wildman–Crippen MR) is 63.3 cm³/mol. The zero-order valence-electron chi connectivity index (χ0n) is 9.50. The second kappa shape index (κ2) is 4.75. The molecule has 0 atom stereocenters. The highest BCUT2D eigenvalue weighted by Gasteiger charge is 2.31. The summed E-state index contributed by atoms with van der Waals surface area (Å²) in [7, 11) is 0. The van der Waals surface area contributed by atoms with Gasteiger partial charge in [0.15, 0.2) is 0 Å². The second-order valence-corrected chi connectivity index (χ2v) is 3.77. The van der Waals surface area contributed by atoms with Gasteiger partial charge in [-0.25, -0.2) is 9.37 Å². The summed E-state index contributed by atoms with van der Waals surface area (Å²) in [4.78, 5) is 3.82. The van der Waals surface area contributed by atoms with Crippen LogP contribution in [0, 0.1) is 5.82 Å². The van der Waals surface area contributed by atoms with Gasteiger partial charge in [0.2, 0.25) is 0 Å². The predicted octanol–water partition coefficient (Wildman–Crippen LogP) is 3.57.